The minimum Gasteiger partial charge on any atom is -0.450 e. The van der Waals surface area contributed by atoms with E-state index in [0.29, 0.717) is 11.5 Å². The van der Waals surface area contributed by atoms with Gasteiger partial charge in [0.05, 0.1) is 5.69 Å². The number of carbonyl (C=O) groups is 2. The predicted molar refractivity (Wildman–Crippen MR) is 117 cm³/mol. The number of benzene rings is 3. The number of anilines is 1. The summed E-state index contributed by atoms with van der Waals surface area (Å²) >= 11 is 0. The standard InChI is InChI=1S/C24H20N4O3/c1-17-9-8-12-19(15-17)25-21(29)16-31-24(30)22-26-23(18-10-4-2-5-11-18)28(27-22)20-13-6-3-7-14-20/h2-15H,16H2,1H3,(H,25,29). The molecular weight excluding hydrogens is 392 g/mol. The molecule has 0 saturated carbocycles. The molecule has 1 aromatic heterocycles. The van der Waals surface area contributed by atoms with Gasteiger partial charge in [0.1, 0.15) is 0 Å². The van der Waals surface area contributed by atoms with Crippen LogP contribution in [0.4, 0.5) is 5.69 Å². The zero-order valence-corrected chi connectivity index (χ0v) is 16.9. The summed E-state index contributed by atoms with van der Waals surface area (Å²) in [5.41, 5.74) is 3.21. The van der Waals surface area contributed by atoms with Crippen molar-refractivity contribution in [2.75, 3.05) is 11.9 Å². The maximum Gasteiger partial charge on any atom is 0.378 e. The van der Waals surface area contributed by atoms with Crippen molar-refractivity contribution in [3.63, 3.8) is 0 Å². The van der Waals surface area contributed by atoms with E-state index in [2.05, 4.69) is 15.4 Å². The van der Waals surface area contributed by atoms with Crippen LogP contribution in [0.3, 0.4) is 0 Å². The van der Waals surface area contributed by atoms with Gasteiger partial charge < -0.3 is 10.1 Å². The van der Waals surface area contributed by atoms with Gasteiger partial charge in [-0.3, -0.25) is 4.79 Å². The van der Waals surface area contributed by atoms with Crippen LogP contribution < -0.4 is 5.32 Å². The molecule has 0 saturated heterocycles. The highest BCUT2D eigenvalue weighted by Gasteiger charge is 2.20. The van der Waals surface area contributed by atoms with Crippen molar-refractivity contribution in [1.29, 1.82) is 0 Å². The Balaban J connectivity index is 1.52. The van der Waals surface area contributed by atoms with Crippen molar-refractivity contribution in [3.8, 4) is 17.1 Å². The Morgan fingerprint density at radius 1 is 0.935 bits per heavy atom. The van der Waals surface area contributed by atoms with Crippen molar-refractivity contribution in [2.45, 2.75) is 6.92 Å². The van der Waals surface area contributed by atoms with Crippen LogP contribution in [-0.4, -0.2) is 33.2 Å². The summed E-state index contributed by atoms with van der Waals surface area (Å²) in [6.45, 7) is 1.49. The van der Waals surface area contributed by atoms with Crippen LogP contribution in [0, 0.1) is 6.92 Å². The van der Waals surface area contributed by atoms with Crippen molar-refractivity contribution in [3.05, 3.63) is 96.3 Å². The zero-order chi connectivity index (χ0) is 21.6. The molecule has 0 atom stereocenters. The summed E-state index contributed by atoms with van der Waals surface area (Å²) in [4.78, 5) is 29.1. The Morgan fingerprint density at radius 3 is 2.35 bits per heavy atom. The molecule has 4 rings (SSSR count). The molecule has 0 fully saturated rings. The van der Waals surface area contributed by atoms with Crippen LogP contribution in [0.1, 0.15) is 16.2 Å². The number of carbonyl (C=O) groups excluding carboxylic acids is 2. The quantitative estimate of drug-likeness (QED) is 0.483. The fourth-order valence-electron chi connectivity index (χ4n) is 3.04. The van der Waals surface area contributed by atoms with E-state index in [0.717, 1.165) is 16.8 Å². The first-order valence-corrected chi connectivity index (χ1v) is 9.72. The van der Waals surface area contributed by atoms with Gasteiger partial charge in [-0.1, -0.05) is 60.7 Å². The lowest BCUT2D eigenvalue weighted by Crippen LogP contribution is -2.21. The van der Waals surface area contributed by atoms with Crippen LogP contribution in [0.2, 0.25) is 0 Å². The largest absolute Gasteiger partial charge is 0.450 e. The summed E-state index contributed by atoms with van der Waals surface area (Å²) in [5.74, 6) is -0.829. The Kier molecular flexibility index (Phi) is 5.84. The second kappa shape index (κ2) is 9.04. The van der Waals surface area contributed by atoms with Gasteiger partial charge >= 0.3 is 5.97 Å². The van der Waals surface area contributed by atoms with Crippen LogP contribution in [0.25, 0.3) is 17.1 Å². The highest BCUT2D eigenvalue weighted by atomic mass is 16.5. The third-order valence-corrected chi connectivity index (χ3v) is 4.46. The van der Waals surface area contributed by atoms with Gasteiger partial charge in [0, 0.05) is 11.3 Å². The molecule has 7 heteroatoms. The van der Waals surface area contributed by atoms with E-state index < -0.39 is 18.5 Å². The molecule has 7 nitrogen and oxygen atoms in total. The van der Waals surface area contributed by atoms with Gasteiger partial charge in [0.2, 0.25) is 0 Å². The van der Waals surface area contributed by atoms with Crippen molar-refractivity contribution >= 4 is 17.6 Å². The molecule has 3 aromatic carbocycles. The molecule has 0 bridgehead atoms. The molecule has 0 unspecified atom stereocenters. The van der Waals surface area contributed by atoms with Crippen molar-refractivity contribution in [2.24, 2.45) is 0 Å². The molecule has 1 heterocycles. The second-order valence-corrected chi connectivity index (χ2v) is 6.87. The fourth-order valence-corrected chi connectivity index (χ4v) is 3.04. The molecule has 31 heavy (non-hydrogen) atoms. The van der Waals surface area contributed by atoms with E-state index in [9.17, 15) is 9.59 Å². The smallest absolute Gasteiger partial charge is 0.378 e. The zero-order valence-electron chi connectivity index (χ0n) is 16.9. The van der Waals surface area contributed by atoms with Crippen molar-refractivity contribution < 1.29 is 14.3 Å². The lowest BCUT2D eigenvalue weighted by molar-refractivity contribution is -0.119. The molecule has 0 spiro atoms. The monoisotopic (exact) mass is 412 g/mol. The lowest BCUT2D eigenvalue weighted by Gasteiger charge is -2.06. The lowest BCUT2D eigenvalue weighted by atomic mass is 10.2. The van der Waals surface area contributed by atoms with E-state index >= 15 is 0 Å². The normalized spacial score (nSPS) is 10.5. The number of rotatable bonds is 6. The van der Waals surface area contributed by atoms with E-state index in [1.54, 1.807) is 10.7 Å². The molecular formula is C24H20N4O3. The van der Waals surface area contributed by atoms with Gasteiger partial charge in [-0.25, -0.2) is 14.5 Å². The van der Waals surface area contributed by atoms with Crippen LogP contribution in [-0.2, 0) is 9.53 Å². The highest BCUT2D eigenvalue weighted by molar-refractivity contribution is 5.94. The number of ether oxygens (including phenoxy) is 1. The first-order chi connectivity index (χ1) is 15.1. The number of amides is 1. The van der Waals surface area contributed by atoms with Crippen molar-refractivity contribution in [1.82, 2.24) is 14.8 Å². The maximum absolute atomic E-state index is 12.5. The molecule has 1 amide bonds. The molecule has 1 N–H and O–H groups in total. The average Bonchev–Trinajstić information content (AvgIpc) is 3.24. The van der Waals surface area contributed by atoms with Gasteiger partial charge in [0.15, 0.2) is 12.4 Å². The van der Waals surface area contributed by atoms with E-state index in [4.69, 9.17) is 4.74 Å². The van der Waals surface area contributed by atoms with E-state index in [-0.39, 0.29) is 5.82 Å². The van der Waals surface area contributed by atoms with Crippen LogP contribution >= 0.6 is 0 Å². The van der Waals surface area contributed by atoms with Gasteiger partial charge in [0.25, 0.3) is 11.7 Å². The fraction of sp³-hybridized carbons (Fsp3) is 0.0833. The second-order valence-electron chi connectivity index (χ2n) is 6.87. The first-order valence-electron chi connectivity index (χ1n) is 9.72. The topological polar surface area (TPSA) is 86.1 Å². The number of nitrogens with one attached hydrogen (secondary N) is 1. The number of aromatic nitrogens is 3. The highest BCUT2D eigenvalue weighted by Crippen LogP contribution is 2.21. The Morgan fingerprint density at radius 2 is 1.65 bits per heavy atom. The SMILES string of the molecule is Cc1cccc(NC(=O)COC(=O)c2nc(-c3ccccc3)n(-c3ccccc3)n2)c1. The number of hydrogen-bond acceptors (Lipinski definition) is 5. The molecule has 154 valence electrons. The Labute approximate surface area is 179 Å². The molecule has 0 aliphatic rings. The molecule has 0 aliphatic carbocycles. The summed E-state index contributed by atoms with van der Waals surface area (Å²) in [5, 5.41) is 7.03. The van der Waals surface area contributed by atoms with Gasteiger partial charge in [-0.05, 0) is 36.8 Å². The van der Waals surface area contributed by atoms with E-state index in [1.165, 1.54) is 0 Å². The first kappa shape index (κ1) is 20.0. The summed E-state index contributed by atoms with van der Waals surface area (Å²) in [6.07, 6.45) is 0. The average molecular weight is 412 g/mol. The summed E-state index contributed by atoms with van der Waals surface area (Å²) in [6, 6.07) is 26.2. The van der Waals surface area contributed by atoms with Gasteiger partial charge in [-0.2, -0.15) is 0 Å². The predicted octanol–water partition coefficient (Wildman–Crippen LogP) is 4.04. The number of aryl methyl sites for hydroxylation is 1. The van der Waals surface area contributed by atoms with Crippen LogP contribution in [0.5, 0.6) is 0 Å². The minimum absolute atomic E-state index is 0.119. The number of esters is 1. The number of nitrogens with zero attached hydrogens (tertiary/aromatic N) is 3. The molecule has 4 aromatic rings. The number of para-hydroxylation sites is 1. The van der Waals surface area contributed by atoms with E-state index in [1.807, 2.05) is 85.8 Å². The minimum atomic E-state index is -0.772. The number of hydrogen-bond donors (Lipinski definition) is 1. The molecule has 0 aliphatic heterocycles. The maximum atomic E-state index is 12.5. The summed E-state index contributed by atoms with van der Waals surface area (Å²) in [7, 11) is 0. The van der Waals surface area contributed by atoms with Crippen LogP contribution in [0.15, 0.2) is 84.9 Å². The third-order valence-electron chi connectivity index (χ3n) is 4.46. The molecule has 0 radical (unpaired) electrons. The Bertz CT molecular complexity index is 1150. The Hall–Kier alpha value is -4.26. The third kappa shape index (κ3) is 4.84. The summed E-state index contributed by atoms with van der Waals surface area (Å²) < 4.78 is 6.73. The van der Waals surface area contributed by atoms with Gasteiger partial charge in [-0.15, -0.1) is 5.10 Å².